The summed E-state index contributed by atoms with van der Waals surface area (Å²) >= 11 is 0. The van der Waals surface area contributed by atoms with Crippen LogP contribution in [0.15, 0.2) is 72.8 Å². The van der Waals surface area contributed by atoms with Gasteiger partial charge in [0.1, 0.15) is 0 Å². The molecule has 4 N–H and O–H groups in total. The zero-order valence-corrected chi connectivity index (χ0v) is 14.6. The number of hydrogen-bond donors (Lipinski definition) is 4. The highest BCUT2D eigenvalue weighted by molar-refractivity contribution is 5.90. The first-order valence-electron chi connectivity index (χ1n) is 8.30. The molecule has 0 amide bonds. The number of aliphatic hydroxyl groups excluding tert-OH is 1. The maximum Gasteiger partial charge on any atom is 0.335 e. The number of aromatic carboxylic acids is 2. The molecule has 3 aromatic rings. The summed E-state index contributed by atoms with van der Waals surface area (Å²) in [4.78, 5) is 24.0. The lowest BCUT2D eigenvalue weighted by Gasteiger charge is -2.26. The van der Waals surface area contributed by atoms with E-state index in [1.54, 1.807) is 53.4 Å². The average molecular weight is 379 g/mol. The van der Waals surface area contributed by atoms with Gasteiger partial charge in [-0.25, -0.2) is 9.59 Å². The van der Waals surface area contributed by atoms with Gasteiger partial charge in [-0.05, 0) is 60.7 Å². The van der Waals surface area contributed by atoms with Gasteiger partial charge in [-0.15, -0.1) is 0 Å². The summed E-state index contributed by atoms with van der Waals surface area (Å²) in [5.74, 6) is -2.07. The van der Waals surface area contributed by atoms with E-state index in [0.29, 0.717) is 22.6 Å². The summed E-state index contributed by atoms with van der Waals surface area (Å²) in [5.41, 5.74) is 2.60. The van der Waals surface area contributed by atoms with Crippen LogP contribution in [0.3, 0.4) is 0 Å². The standard InChI is InChI=1S/C21H17NO6/c23-19(24)13-1-7-16(8-2-13)22(17-9-3-14(4-10-17)20(25)26)18-11-5-15(6-12-18)21(27)28/h1-12,19,23-24H,(H,25,26)(H,27,28). The molecule has 0 saturated carbocycles. The third-order valence-corrected chi connectivity index (χ3v) is 4.19. The average Bonchev–Trinajstić information content (AvgIpc) is 2.69. The number of anilines is 3. The zero-order valence-electron chi connectivity index (χ0n) is 14.6. The highest BCUT2D eigenvalue weighted by atomic mass is 16.5. The first kappa shape index (κ1) is 19.1. The summed E-state index contributed by atoms with van der Waals surface area (Å²) in [6.45, 7) is 0. The molecular weight excluding hydrogens is 362 g/mol. The van der Waals surface area contributed by atoms with E-state index < -0.39 is 18.2 Å². The third kappa shape index (κ3) is 4.01. The minimum Gasteiger partial charge on any atom is -0.478 e. The van der Waals surface area contributed by atoms with E-state index in [0.717, 1.165) is 0 Å². The van der Waals surface area contributed by atoms with Gasteiger partial charge >= 0.3 is 11.9 Å². The van der Waals surface area contributed by atoms with Gasteiger partial charge in [-0.2, -0.15) is 0 Å². The minimum absolute atomic E-state index is 0.142. The van der Waals surface area contributed by atoms with Gasteiger partial charge < -0.3 is 25.3 Å². The lowest BCUT2D eigenvalue weighted by Crippen LogP contribution is -2.11. The van der Waals surface area contributed by atoms with Crippen molar-refractivity contribution >= 4 is 29.0 Å². The Morgan fingerprint density at radius 2 is 0.929 bits per heavy atom. The normalized spacial score (nSPS) is 10.7. The molecule has 7 heteroatoms. The van der Waals surface area contributed by atoms with Gasteiger partial charge in [0.25, 0.3) is 0 Å². The molecule has 0 fully saturated rings. The van der Waals surface area contributed by atoms with Crippen LogP contribution >= 0.6 is 0 Å². The zero-order chi connectivity index (χ0) is 20.3. The van der Waals surface area contributed by atoms with E-state index >= 15 is 0 Å². The van der Waals surface area contributed by atoms with Gasteiger partial charge in [0.15, 0.2) is 6.29 Å². The summed E-state index contributed by atoms with van der Waals surface area (Å²) in [7, 11) is 0. The Kier molecular flexibility index (Phi) is 5.39. The fourth-order valence-corrected chi connectivity index (χ4v) is 2.75. The number of carboxylic acids is 2. The molecule has 0 saturated heterocycles. The van der Waals surface area contributed by atoms with Crippen LogP contribution in [-0.4, -0.2) is 32.4 Å². The third-order valence-electron chi connectivity index (χ3n) is 4.19. The van der Waals surface area contributed by atoms with Crippen LogP contribution in [-0.2, 0) is 0 Å². The summed E-state index contributed by atoms with van der Waals surface area (Å²) < 4.78 is 0. The highest BCUT2D eigenvalue weighted by Crippen LogP contribution is 2.35. The summed E-state index contributed by atoms with van der Waals surface area (Å²) in [5, 5.41) is 36.8. The fraction of sp³-hybridized carbons (Fsp3) is 0.0476. The van der Waals surface area contributed by atoms with Crippen molar-refractivity contribution in [3.63, 3.8) is 0 Å². The molecule has 0 spiro atoms. The van der Waals surface area contributed by atoms with Gasteiger partial charge in [0, 0.05) is 22.6 Å². The highest BCUT2D eigenvalue weighted by Gasteiger charge is 2.15. The molecule has 0 bridgehead atoms. The van der Waals surface area contributed by atoms with Crippen LogP contribution < -0.4 is 4.90 Å². The van der Waals surface area contributed by atoms with E-state index in [1.165, 1.54) is 24.3 Å². The second-order valence-electron chi connectivity index (χ2n) is 6.00. The largest absolute Gasteiger partial charge is 0.478 e. The van der Waals surface area contributed by atoms with Crippen molar-refractivity contribution in [3.8, 4) is 0 Å². The molecule has 3 rings (SSSR count). The molecule has 7 nitrogen and oxygen atoms in total. The summed E-state index contributed by atoms with van der Waals surface area (Å²) in [6, 6.07) is 19.0. The molecular formula is C21H17NO6. The fourth-order valence-electron chi connectivity index (χ4n) is 2.75. The number of rotatable bonds is 6. The first-order chi connectivity index (χ1) is 13.4. The van der Waals surface area contributed by atoms with E-state index in [9.17, 15) is 19.8 Å². The smallest absolute Gasteiger partial charge is 0.335 e. The number of nitrogens with zero attached hydrogens (tertiary/aromatic N) is 1. The van der Waals surface area contributed by atoms with Crippen LogP contribution in [0, 0.1) is 0 Å². The van der Waals surface area contributed by atoms with Gasteiger partial charge in [-0.3, -0.25) is 0 Å². The predicted octanol–water partition coefficient (Wildman–Crippen LogP) is 3.54. The Morgan fingerprint density at radius 3 is 1.21 bits per heavy atom. The van der Waals surface area contributed by atoms with Crippen molar-refractivity contribution in [1.82, 2.24) is 0 Å². The van der Waals surface area contributed by atoms with Gasteiger partial charge in [0.05, 0.1) is 11.1 Å². The number of hydrogen-bond acceptors (Lipinski definition) is 5. The molecule has 0 atom stereocenters. The quantitative estimate of drug-likeness (QED) is 0.484. The Labute approximate surface area is 160 Å². The molecule has 142 valence electrons. The van der Waals surface area contributed by atoms with Crippen LogP contribution in [0.4, 0.5) is 17.1 Å². The van der Waals surface area contributed by atoms with E-state index in [2.05, 4.69) is 0 Å². The molecule has 0 aliphatic carbocycles. The monoisotopic (exact) mass is 379 g/mol. The molecule has 0 unspecified atom stereocenters. The lowest BCUT2D eigenvalue weighted by molar-refractivity contribution is -0.0424. The number of carbonyl (C=O) groups is 2. The summed E-state index contributed by atoms with van der Waals surface area (Å²) in [6.07, 6.45) is -1.59. The Bertz CT molecular complexity index is 921. The van der Waals surface area contributed by atoms with Crippen molar-refractivity contribution in [2.75, 3.05) is 4.90 Å². The molecule has 0 heterocycles. The maximum atomic E-state index is 11.1. The molecule has 0 radical (unpaired) electrons. The second-order valence-corrected chi connectivity index (χ2v) is 6.00. The van der Waals surface area contributed by atoms with Crippen LogP contribution in [0.2, 0.25) is 0 Å². The number of aliphatic hydroxyl groups is 2. The lowest BCUT2D eigenvalue weighted by atomic mass is 10.1. The van der Waals surface area contributed by atoms with Gasteiger partial charge in [-0.1, -0.05) is 12.1 Å². The van der Waals surface area contributed by atoms with Crippen LogP contribution in [0.5, 0.6) is 0 Å². The van der Waals surface area contributed by atoms with E-state index in [-0.39, 0.29) is 11.1 Å². The molecule has 0 aromatic heterocycles. The van der Waals surface area contributed by atoms with Crippen LogP contribution in [0.1, 0.15) is 32.6 Å². The molecule has 3 aromatic carbocycles. The minimum atomic E-state index is -1.59. The van der Waals surface area contributed by atoms with Crippen molar-refractivity contribution in [2.45, 2.75) is 6.29 Å². The van der Waals surface area contributed by atoms with Gasteiger partial charge in [0.2, 0.25) is 0 Å². The van der Waals surface area contributed by atoms with Crippen LogP contribution in [0.25, 0.3) is 0 Å². The number of carboxylic acid groups (broad SMARTS) is 2. The van der Waals surface area contributed by atoms with Crippen molar-refractivity contribution in [1.29, 1.82) is 0 Å². The SMILES string of the molecule is O=C(O)c1ccc(N(c2ccc(C(=O)O)cc2)c2ccc(C(O)O)cc2)cc1. The molecule has 0 aliphatic rings. The molecule has 0 aliphatic heterocycles. The first-order valence-corrected chi connectivity index (χ1v) is 8.30. The topological polar surface area (TPSA) is 118 Å². The van der Waals surface area contributed by atoms with Crippen molar-refractivity contribution in [3.05, 3.63) is 89.5 Å². The number of benzene rings is 3. The molecule has 28 heavy (non-hydrogen) atoms. The second kappa shape index (κ2) is 7.91. The Hall–Kier alpha value is -3.68. The Morgan fingerprint density at radius 1 is 0.607 bits per heavy atom. The maximum absolute atomic E-state index is 11.1. The predicted molar refractivity (Wildman–Crippen MR) is 102 cm³/mol. The van der Waals surface area contributed by atoms with E-state index in [4.69, 9.17) is 10.2 Å². The Balaban J connectivity index is 2.07. The van der Waals surface area contributed by atoms with E-state index in [1.807, 2.05) is 0 Å². The van der Waals surface area contributed by atoms with Crippen molar-refractivity contribution < 1.29 is 30.0 Å². The van der Waals surface area contributed by atoms with Crippen molar-refractivity contribution in [2.24, 2.45) is 0 Å².